The van der Waals surface area contributed by atoms with Crippen LogP contribution in [-0.4, -0.2) is 57.8 Å². The largest absolute Gasteiger partial charge is 0.477 e. The van der Waals surface area contributed by atoms with Crippen molar-refractivity contribution in [2.45, 2.75) is 60.2 Å². The molecule has 0 saturated heterocycles. The Hall–Kier alpha value is -0.386. The van der Waals surface area contributed by atoms with Gasteiger partial charge >= 0.3 is 11.8 Å². The Labute approximate surface area is 170 Å². The molecule has 0 spiro atoms. The van der Waals surface area contributed by atoms with Crippen molar-refractivity contribution in [1.29, 1.82) is 0 Å². The monoisotopic (exact) mass is 422 g/mol. The molecular weight excluding hydrogens is 384 g/mol. The quantitative estimate of drug-likeness (QED) is 0.273. The van der Waals surface area contributed by atoms with E-state index in [1.165, 1.54) is 0 Å². The second-order valence-corrected chi connectivity index (χ2v) is 6.21. The van der Waals surface area contributed by atoms with E-state index in [9.17, 15) is 14.7 Å². The predicted octanol–water partition coefficient (Wildman–Crippen LogP) is -0.184. The number of ketones is 1. The maximum Gasteiger partial charge on any atom is 0.372 e. The van der Waals surface area contributed by atoms with Gasteiger partial charge in [-0.1, -0.05) is 41.5 Å². The van der Waals surface area contributed by atoms with Gasteiger partial charge in [-0.05, 0) is 24.7 Å². The van der Waals surface area contributed by atoms with Gasteiger partial charge in [0.2, 0.25) is 5.78 Å². The Bertz CT molecular complexity index is 333. The Morgan fingerprint density at radius 1 is 0.846 bits per heavy atom. The molecule has 0 aromatic carbocycles. The van der Waals surface area contributed by atoms with E-state index in [4.69, 9.17) is 9.47 Å². The van der Waals surface area contributed by atoms with Gasteiger partial charge in [-0.15, -0.1) is 0 Å². The van der Waals surface area contributed by atoms with E-state index in [0.29, 0.717) is 12.8 Å². The number of carboxylic acids is 1. The molecule has 0 aromatic rings. The Kier molecular flexibility index (Phi) is 30.1. The summed E-state index contributed by atoms with van der Waals surface area (Å²) in [6, 6.07) is 0. The Morgan fingerprint density at radius 3 is 1.35 bits per heavy atom. The normalized spacial score (nSPS) is 10.0. The first kappa shape index (κ1) is 40.3. The molecule has 0 unspecified atom stereocenters. The third-order valence-corrected chi connectivity index (χ3v) is 3.20. The number of carbonyl (C=O) groups is 2. The molecule has 0 amide bonds. The van der Waals surface area contributed by atoms with E-state index in [1.807, 2.05) is 41.5 Å². The van der Waals surface area contributed by atoms with Crippen LogP contribution < -0.4 is 0 Å². The Balaban J connectivity index is -0.000000200. The van der Waals surface area contributed by atoms with Crippen LogP contribution in [0.25, 0.3) is 0 Å². The molecule has 0 atom stereocenters. The molecular formula is C16H38O9Ti. The second-order valence-electron chi connectivity index (χ2n) is 6.21. The first-order valence-electron chi connectivity index (χ1n) is 7.76. The van der Waals surface area contributed by atoms with E-state index < -0.39 is 17.5 Å². The molecule has 0 fully saturated rings. The van der Waals surface area contributed by atoms with E-state index in [0.717, 1.165) is 0 Å². The molecule has 0 radical (unpaired) electrons. The summed E-state index contributed by atoms with van der Waals surface area (Å²) in [6.45, 7) is 11.7. The maximum atomic E-state index is 12.7. The second kappa shape index (κ2) is 19.4. The van der Waals surface area contributed by atoms with Crippen molar-refractivity contribution < 1.29 is 67.8 Å². The number of Topliss-reactive ketones (excluding diaryl/α,β-unsaturated/α-hetero) is 1. The van der Waals surface area contributed by atoms with Crippen LogP contribution in [0, 0.1) is 17.8 Å². The van der Waals surface area contributed by atoms with Gasteiger partial charge in [-0.25, -0.2) is 4.79 Å². The number of carbonyl (C=O) groups excluding carboxylic acids is 1. The van der Waals surface area contributed by atoms with Crippen molar-refractivity contribution in [2.75, 3.05) is 13.2 Å². The summed E-state index contributed by atoms with van der Waals surface area (Å²) in [4.78, 5) is 24.4. The predicted molar refractivity (Wildman–Crippen MR) is 95.5 cm³/mol. The molecule has 0 aliphatic rings. The molecule has 0 saturated carbocycles. The third kappa shape index (κ3) is 12.1. The summed E-state index contributed by atoms with van der Waals surface area (Å²) in [5, 5.41) is 9.59. The number of aliphatic carboxylic acids is 1. The molecule has 160 valence electrons. The van der Waals surface area contributed by atoms with Gasteiger partial charge in [0, 0.05) is 27.6 Å². The minimum atomic E-state index is -2.18. The zero-order valence-electron chi connectivity index (χ0n) is 16.6. The summed E-state index contributed by atoms with van der Waals surface area (Å²) in [5.41, 5.74) is 0. The van der Waals surface area contributed by atoms with Crippen LogP contribution in [0.15, 0.2) is 0 Å². The van der Waals surface area contributed by atoms with Gasteiger partial charge in [-0.3, -0.25) is 4.79 Å². The molecule has 9 nitrogen and oxygen atoms in total. The van der Waals surface area contributed by atoms with Gasteiger partial charge in [0.05, 0.1) is 13.2 Å². The molecule has 0 bridgehead atoms. The summed E-state index contributed by atoms with van der Waals surface area (Å²) in [5.74, 6) is -4.17. The van der Waals surface area contributed by atoms with Gasteiger partial charge in [0.1, 0.15) is 0 Å². The summed E-state index contributed by atoms with van der Waals surface area (Å²) < 4.78 is 11.0. The average molecular weight is 422 g/mol. The van der Waals surface area contributed by atoms with Gasteiger partial charge in [0.15, 0.2) is 0 Å². The smallest absolute Gasteiger partial charge is 0.372 e. The number of carboxylic acid groups (broad SMARTS) is 1. The van der Waals surface area contributed by atoms with Crippen molar-refractivity contribution in [2.24, 2.45) is 17.8 Å². The Morgan fingerprint density at radius 2 is 1.15 bits per heavy atom. The van der Waals surface area contributed by atoms with Gasteiger partial charge in [0.25, 0.3) is 0 Å². The SMILES string of the molecule is CCC(CC)C(=O)C(OCC(C)C)(OCC(C)C)C(=O)O.O.O.O.O.[Ti]. The molecule has 0 heterocycles. The van der Waals surface area contributed by atoms with Crippen LogP contribution in [-0.2, 0) is 40.8 Å². The van der Waals surface area contributed by atoms with E-state index in [-0.39, 0.29) is 74.6 Å². The van der Waals surface area contributed by atoms with Crippen molar-refractivity contribution in [1.82, 2.24) is 0 Å². The summed E-state index contributed by atoms with van der Waals surface area (Å²) in [7, 11) is 0. The number of ether oxygens (including phenoxy) is 2. The fourth-order valence-electron chi connectivity index (χ4n) is 1.91. The van der Waals surface area contributed by atoms with Crippen LogP contribution in [0.5, 0.6) is 0 Å². The molecule has 26 heavy (non-hydrogen) atoms. The van der Waals surface area contributed by atoms with E-state index in [1.54, 1.807) is 0 Å². The van der Waals surface area contributed by atoms with Gasteiger partial charge in [-0.2, -0.15) is 0 Å². The van der Waals surface area contributed by atoms with Crippen molar-refractivity contribution >= 4 is 11.8 Å². The van der Waals surface area contributed by atoms with E-state index in [2.05, 4.69) is 0 Å². The van der Waals surface area contributed by atoms with Crippen molar-refractivity contribution in [3.05, 3.63) is 0 Å². The first-order chi connectivity index (χ1) is 9.71. The molecule has 0 aliphatic heterocycles. The zero-order chi connectivity index (χ0) is 16.6. The summed E-state index contributed by atoms with van der Waals surface area (Å²) in [6.07, 6.45) is 1.14. The minimum absolute atomic E-state index is 0. The van der Waals surface area contributed by atoms with Crippen LogP contribution in [0.3, 0.4) is 0 Å². The topological polar surface area (TPSA) is 199 Å². The molecule has 9 N–H and O–H groups in total. The fourth-order valence-corrected chi connectivity index (χ4v) is 1.91. The molecule has 0 aliphatic carbocycles. The first-order valence-corrected chi connectivity index (χ1v) is 7.76. The number of hydrogen-bond acceptors (Lipinski definition) is 4. The molecule has 0 rings (SSSR count). The average Bonchev–Trinajstić information content (AvgIpc) is 2.39. The van der Waals surface area contributed by atoms with Crippen molar-refractivity contribution in [3.8, 4) is 0 Å². The number of rotatable bonds is 11. The standard InChI is InChI=1S/C16H30O5.4H2O.Ti/c1-7-13(8-2)14(17)16(15(18)19,20-9-11(3)4)21-10-12(5)6;;;;;/h11-13H,7-10H2,1-6H3,(H,18,19);4*1H2;. The zero-order valence-corrected chi connectivity index (χ0v) is 18.2. The van der Waals surface area contributed by atoms with Gasteiger partial charge < -0.3 is 36.5 Å². The number of hydrogen-bond donors (Lipinski definition) is 1. The third-order valence-electron chi connectivity index (χ3n) is 3.20. The fraction of sp³-hybridized carbons (Fsp3) is 0.875. The molecule has 10 heteroatoms. The minimum Gasteiger partial charge on any atom is -0.477 e. The van der Waals surface area contributed by atoms with Crippen LogP contribution in [0.2, 0.25) is 0 Å². The summed E-state index contributed by atoms with van der Waals surface area (Å²) >= 11 is 0. The molecule has 0 aromatic heterocycles. The van der Waals surface area contributed by atoms with Crippen molar-refractivity contribution in [3.63, 3.8) is 0 Å². The van der Waals surface area contributed by atoms with Crippen LogP contribution in [0.1, 0.15) is 54.4 Å². The van der Waals surface area contributed by atoms with Crippen LogP contribution >= 0.6 is 0 Å². The van der Waals surface area contributed by atoms with Crippen LogP contribution in [0.4, 0.5) is 0 Å². The van der Waals surface area contributed by atoms with E-state index >= 15 is 0 Å². The maximum absolute atomic E-state index is 12.7.